The van der Waals surface area contributed by atoms with Crippen LogP contribution in [-0.2, 0) is 52.4 Å². The Balaban J connectivity index is -0.000000948. The van der Waals surface area contributed by atoms with Gasteiger partial charge in [-0.3, -0.25) is 9.59 Å². The zero-order chi connectivity index (χ0) is 50.9. The molecule has 9 amide bonds. The quantitative estimate of drug-likeness (QED) is 0.130. The molecule has 0 aromatic carbocycles. The number of hydrogen-bond acceptors (Lipinski definition) is 16. The number of piperidine rings is 2. The molecule has 0 bridgehead atoms. The summed E-state index contributed by atoms with van der Waals surface area (Å²) in [7, 11) is 13.8. The van der Waals surface area contributed by atoms with Crippen LogP contribution in [0.2, 0.25) is 0 Å². The molecule has 0 radical (unpaired) electrons. The molecule has 2 saturated heterocycles. The van der Waals surface area contributed by atoms with Gasteiger partial charge < -0.3 is 53.9 Å². The number of urea groups is 4. The van der Waals surface area contributed by atoms with E-state index in [9.17, 15) is 47.9 Å². The fourth-order valence-electron chi connectivity index (χ4n) is 5.54. The zero-order valence-electron chi connectivity index (χ0n) is 40.2. The average molecular weight is 1010 g/mol. The molecule has 2 fully saturated rings. The molecule has 0 aliphatic carbocycles. The molecule has 28 heteroatoms. The van der Waals surface area contributed by atoms with Crippen molar-refractivity contribution in [2.45, 2.75) is 103 Å². The minimum atomic E-state index is -1.32. The number of amides is 9. The van der Waals surface area contributed by atoms with Gasteiger partial charge in [0.1, 0.15) is 24.2 Å². The predicted octanol–water partition coefficient (Wildman–Crippen LogP) is 2.09. The average Bonchev–Trinajstić information content (AvgIpc) is 3.30. The minimum absolute atomic E-state index is 0. The third kappa shape index (κ3) is 22.1. The second-order valence-electron chi connectivity index (χ2n) is 14.9. The number of carboxylic acids is 1. The van der Waals surface area contributed by atoms with Crippen molar-refractivity contribution in [3.8, 4) is 0 Å². The van der Waals surface area contributed by atoms with E-state index in [1.807, 2.05) is 0 Å². The van der Waals surface area contributed by atoms with Crippen LogP contribution in [0.5, 0.6) is 0 Å². The Bertz CT molecular complexity index is 1650. The molecule has 2 aliphatic rings. The summed E-state index contributed by atoms with van der Waals surface area (Å²) in [5.74, 6) is -4.09. The third-order valence-electron chi connectivity index (χ3n) is 9.74. The molecule has 24 nitrogen and oxygen atoms in total. The number of halogens is 2. The van der Waals surface area contributed by atoms with E-state index in [0.29, 0.717) is 19.8 Å². The van der Waals surface area contributed by atoms with Crippen LogP contribution in [0.4, 0.5) is 19.2 Å². The molecule has 2 heterocycles. The van der Waals surface area contributed by atoms with Gasteiger partial charge in [0.05, 0.1) is 14.2 Å². The summed E-state index contributed by atoms with van der Waals surface area (Å²) in [4.78, 5) is 126. The van der Waals surface area contributed by atoms with E-state index in [2.05, 4.69) is 14.8 Å². The molecule has 0 spiro atoms. The van der Waals surface area contributed by atoms with E-state index >= 15 is 0 Å². The number of nitrogens with one attached hydrogen (secondary N) is 1. The van der Waals surface area contributed by atoms with Gasteiger partial charge in [0, 0.05) is 62.9 Å². The summed E-state index contributed by atoms with van der Waals surface area (Å²) >= 11 is 4.85. The Hall–Kier alpha value is -4.87. The fourth-order valence-corrected chi connectivity index (χ4v) is 5.54. The number of esters is 4. The molecule has 2 N–H and O–H groups in total. The number of likely N-dealkylation sites (N-methyl/N-ethyl adjacent to an activating group) is 2. The van der Waals surface area contributed by atoms with Gasteiger partial charge in [-0.2, -0.15) is 0 Å². The van der Waals surface area contributed by atoms with E-state index in [4.69, 9.17) is 30.5 Å². The van der Waals surface area contributed by atoms with Crippen molar-refractivity contribution in [1.29, 1.82) is 0 Å². The summed E-state index contributed by atoms with van der Waals surface area (Å²) in [6.07, 6.45) is 2.78. The number of rotatable bonds is 11. The molecule has 0 saturated carbocycles. The van der Waals surface area contributed by atoms with Gasteiger partial charge in [-0.05, 0) is 66.3 Å². The molecule has 7 unspecified atom stereocenters. The summed E-state index contributed by atoms with van der Waals surface area (Å²) in [6, 6.07) is -5.32. The molecule has 66 heavy (non-hydrogen) atoms. The standard InChI is InChI=1S/C19H32N4O7.C12H21N3O6.C7H13NO2.BClHOP.ClH/c1-12(21(5)19(28)22(6)18(27)20(3)4)16(25)30-13(2)15(24)23-11-9-8-10-14(23)17(26)29-7;1-7(10(18)21-8(2)9(16)17)14(5)12(20)15(6)11(19)13(3)4;1-10-7(9)6-4-2-3-5-8-6;2-4-1-3;/h12-14H,8-11H2,1-7H3;7-8H,1-6H3,(H,16,17);6,8H,2-5H2,1H3;4H;1H. The van der Waals surface area contributed by atoms with Gasteiger partial charge in [-0.25, -0.2) is 48.2 Å². The first-order valence-electron chi connectivity index (χ1n) is 20.3. The van der Waals surface area contributed by atoms with E-state index < -0.39 is 84.2 Å². The topological polar surface area (TPSA) is 280 Å². The number of carbonyl (C=O) groups is 10. The van der Waals surface area contributed by atoms with Gasteiger partial charge in [0.2, 0.25) is 0 Å². The van der Waals surface area contributed by atoms with Gasteiger partial charge in [-0.15, -0.1) is 12.4 Å². The number of nitrogens with zero attached hydrogens (tertiary/aromatic N) is 7. The molecule has 7 atom stereocenters. The maximum atomic E-state index is 12.8. The number of likely N-dealkylation sites (tertiary alicyclic amines) is 1. The fraction of sp³-hybridized carbons (Fsp3) is 0.737. The van der Waals surface area contributed by atoms with E-state index in [1.54, 1.807) is 0 Å². The number of methoxy groups -OCH3 is 2. The van der Waals surface area contributed by atoms with E-state index in [1.165, 1.54) is 119 Å². The second-order valence-corrected chi connectivity index (χ2v) is 16.0. The van der Waals surface area contributed by atoms with Crippen molar-refractivity contribution in [2.75, 3.05) is 83.7 Å². The Morgan fingerprint density at radius 3 is 1.42 bits per heavy atom. The Morgan fingerprint density at radius 2 is 1.08 bits per heavy atom. The molecule has 2 aliphatic heterocycles. The van der Waals surface area contributed by atoms with Crippen LogP contribution in [0.15, 0.2) is 0 Å². The van der Waals surface area contributed by atoms with Crippen LogP contribution in [0.3, 0.4) is 0 Å². The number of aliphatic carboxylic acids is 1. The molecule has 378 valence electrons. The van der Waals surface area contributed by atoms with Crippen molar-refractivity contribution < 1.29 is 76.7 Å². The number of carbonyl (C=O) groups excluding carboxylic acids is 9. The van der Waals surface area contributed by atoms with Gasteiger partial charge in [-0.1, -0.05) is 6.42 Å². The van der Waals surface area contributed by atoms with Crippen LogP contribution in [-0.4, -0.2) is 226 Å². The summed E-state index contributed by atoms with van der Waals surface area (Å²) < 4.78 is 28.4. The normalized spacial score (nSPS) is 16.7. The van der Waals surface area contributed by atoms with Crippen LogP contribution in [0, 0.1) is 0 Å². The Morgan fingerprint density at radius 1 is 0.667 bits per heavy atom. The molecular weight excluding hydrogens is 937 g/mol. The number of imide groups is 2. The first-order valence-corrected chi connectivity index (χ1v) is 22.4. The number of carboxylic acid groups (broad SMARTS) is 1. The van der Waals surface area contributed by atoms with Crippen LogP contribution in [0.25, 0.3) is 0 Å². The van der Waals surface area contributed by atoms with Crippen molar-refractivity contribution >= 4 is 98.2 Å². The number of hydrogen-bond donors (Lipinski definition) is 2. The van der Waals surface area contributed by atoms with Crippen molar-refractivity contribution in [3.05, 3.63) is 0 Å². The summed E-state index contributed by atoms with van der Waals surface area (Å²) in [5.41, 5.74) is 0. The first-order chi connectivity index (χ1) is 30.2. The van der Waals surface area contributed by atoms with Crippen LogP contribution >= 0.6 is 31.5 Å². The van der Waals surface area contributed by atoms with Crippen molar-refractivity contribution in [3.63, 3.8) is 0 Å². The number of ether oxygens (including phenoxy) is 4. The Kier molecular flexibility index (Phi) is 33.3. The van der Waals surface area contributed by atoms with Gasteiger partial charge >= 0.3 is 84.6 Å². The molecule has 2 rings (SSSR count). The second kappa shape index (κ2) is 33.6. The van der Waals surface area contributed by atoms with Crippen molar-refractivity contribution in [2.24, 2.45) is 0 Å². The Labute approximate surface area is 399 Å². The van der Waals surface area contributed by atoms with Crippen LogP contribution in [0.1, 0.15) is 66.2 Å². The summed E-state index contributed by atoms with van der Waals surface area (Å²) in [6.45, 7) is 7.41. The molecule has 0 aromatic rings. The monoisotopic (exact) mass is 1000 g/mol. The molecular formula is C38H68BCl2N8O16P. The maximum absolute atomic E-state index is 12.8. The third-order valence-corrected chi connectivity index (χ3v) is 10.1. The van der Waals surface area contributed by atoms with Crippen molar-refractivity contribution in [1.82, 2.24) is 39.6 Å². The SMILES string of the molecule is CC(OC(=O)C(C)N(C)C(=O)N(C)C(=O)N(C)C)C(=O)O.COC(=O)C1CCCCN1.COC(=O)C1CCCCN1C(=O)C(C)OC(=O)C(C)N(C)C(=O)N(C)C(=O)N(C)C.Cl.O=BPCl. The van der Waals surface area contributed by atoms with E-state index in [-0.39, 0.29) is 32.2 Å². The first kappa shape index (κ1) is 65.4. The van der Waals surface area contributed by atoms with Gasteiger partial charge in [0.25, 0.3) is 5.91 Å². The van der Waals surface area contributed by atoms with E-state index in [0.717, 1.165) is 51.8 Å². The molecule has 0 aromatic heterocycles. The zero-order valence-corrected chi connectivity index (χ0v) is 42.8. The predicted molar refractivity (Wildman–Crippen MR) is 245 cm³/mol. The summed E-state index contributed by atoms with van der Waals surface area (Å²) in [5, 5.41) is 11.8. The van der Waals surface area contributed by atoms with Crippen LogP contribution < -0.4 is 5.32 Å². The van der Waals surface area contributed by atoms with Gasteiger partial charge in [0.15, 0.2) is 12.2 Å².